The van der Waals surface area contributed by atoms with Gasteiger partial charge in [-0.3, -0.25) is 0 Å². The third-order valence-electron chi connectivity index (χ3n) is 4.71. The molecule has 0 bridgehead atoms. The largest absolute Gasteiger partial charge is 0.390 e. The number of pyridine rings is 1. The van der Waals surface area contributed by atoms with Gasteiger partial charge in [0, 0.05) is 34.9 Å². The molecular weight excluding hydrogens is 340 g/mol. The molecule has 0 radical (unpaired) electrons. The summed E-state index contributed by atoms with van der Waals surface area (Å²) in [4.78, 5) is 8.62. The minimum atomic E-state index is -1.08. The summed E-state index contributed by atoms with van der Waals surface area (Å²) in [5, 5.41) is 36.9. The highest BCUT2D eigenvalue weighted by Gasteiger charge is 2.47. The lowest BCUT2D eigenvalue weighted by Crippen LogP contribution is -2.40. The number of nitrogens with zero attached hydrogens (tertiary/aromatic N) is 2. The van der Waals surface area contributed by atoms with Gasteiger partial charge in [-0.05, 0) is 27.2 Å². The van der Waals surface area contributed by atoms with E-state index in [9.17, 15) is 15.3 Å². The van der Waals surface area contributed by atoms with Gasteiger partial charge in [0.25, 0.3) is 0 Å². The number of nitrogens with two attached hydrogens (primary N) is 1. The molecule has 8 heteroatoms. The van der Waals surface area contributed by atoms with Crippen molar-refractivity contribution in [3.8, 4) is 10.6 Å². The third kappa shape index (κ3) is 3.62. The van der Waals surface area contributed by atoms with Crippen LogP contribution in [0.25, 0.3) is 10.6 Å². The van der Waals surface area contributed by atoms with E-state index in [0.717, 1.165) is 16.3 Å². The molecule has 0 spiro atoms. The molecule has 1 aliphatic carbocycles. The fraction of sp³-hybridized carbons (Fsp3) is 0.529. The van der Waals surface area contributed by atoms with Crippen molar-refractivity contribution in [2.45, 2.75) is 51.0 Å². The van der Waals surface area contributed by atoms with Crippen LogP contribution < -0.4 is 11.1 Å². The molecular formula is C17H24N4O3S. The van der Waals surface area contributed by atoms with Crippen LogP contribution >= 0.6 is 11.3 Å². The second-order valence-electron chi connectivity index (χ2n) is 7.18. The van der Waals surface area contributed by atoms with Crippen molar-refractivity contribution < 1.29 is 15.3 Å². The van der Waals surface area contributed by atoms with Gasteiger partial charge >= 0.3 is 0 Å². The van der Waals surface area contributed by atoms with Crippen LogP contribution in [0.1, 0.15) is 26.0 Å². The Balaban J connectivity index is 1.89. The number of thiazole rings is 1. The van der Waals surface area contributed by atoms with E-state index < -0.39 is 29.8 Å². The molecule has 2 aromatic rings. The first-order valence-corrected chi connectivity index (χ1v) is 9.08. The van der Waals surface area contributed by atoms with Crippen molar-refractivity contribution >= 4 is 22.8 Å². The van der Waals surface area contributed by atoms with Gasteiger partial charge in [-0.15, -0.1) is 11.3 Å². The number of nitrogens with one attached hydrogen (secondary N) is 1. The zero-order valence-electron chi connectivity index (χ0n) is 14.5. The first-order valence-electron chi connectivity index (χ1n) is 8.20. The topological polar surface area (TPSA) is 125 Å². The Kier molecular flexibility index (Phi) is 4.72. The van der Waals surface area contributed by atoms with Gasteiger partial charge < -0.3 is 26.4 Å². The van der Waals surface area contributed by atoms with Crippen LogP contribution in [0, 0.1) is 12.8 Å². The summed E-state index contributed by atoms with van der Waals surface area (Å²) in [6, 6.07) is 1.29. The summed E-state index contributed by atoms with van der Waals surface area (Å²) in [7, 11) is 0. The Morgan fingerprint density at radius 3 is 2.60 bits per heavy atom. The van der Waals surface area contributed by atoms with Crippen molar-refractivity contribution in [2.75, 3.05) is 11.1 Å². The number of anilines is 2. The fourth-order valence-electron chi connectivity index (χ4n) is 3.32. The highest BCUT2D eigenvalue weighted by Crippen LogP contribution is 2.38. The van der Waals surface area contributed by atoms with Crippen molar-refractivity contribution in [1.82, 2.24) is 9.97 Å². The van der Waals surface area contributed by atoms with Gasteiger partial charge in [0.15, 0.2) is 0 Å². The number of nitrogen functional groups attached to an aromatic ring is 1. The van der Waals surface area contributed by atoms with E-state index in [-0.39, 0.29) is 0 Å². The van der Waals surface area contributed by atoms with Crippen LogP contribution in [0.15, 0.2) is 17.6 Å². The SMILES string of the molecule is Cc1csc(-c2cnc(N)cc2N[C@@H]2C[C@H](C(C)(C)O)[C@@H](O)[C@H]2O)n1. The van der Waals surface area contributed by atoms with E-state index in [2.05, 4.69) is 15.3 Å². The standard InChI is InChI=1S/C17H24N4O3S/c1-8-7-25-16(20-8)9-6-19-13(18)5-11(9)21-12-4-10(17(2,3)24)14(22)15(12)23/h5-7,10,12,14-15,22-24H,4H2,1-3H3,(H3,18,19,21)/t10-,12+,14+,15-/m0/s1. The Morgan fingerprint density at radius 1 is 1.32 bits per heavy atom. The number of aliphatic hydroxyl groups is 3. The lowest BCUT2D eigenvalue weighted by Gasteiger charge is -2.28. The Bertz CT molecular complexity index is 759. The maximum Gasteiger partial charge on any atom is 0.127 e. The molecule has 0 unspecified atom stereocenters. The van der Waals surface area contributed by atoms with Crippen molar-refractivity contribution in [3.05, 3.63) is 23.3 Å². The molecule has 136 valence electrons. The number of aryl methyl sites for hydroxylation is 1. The number of aromatic nitrogens is 2. The van der Waals surface area contributed by atoms with Crippen molar-refractivity contribution in [2.24, 2.45) is 5.92 Å². The molecule has 3 rings (SSSR count). The van der Waals surface area contributed by atoms with E-state index in [4.69, 9.17) is 5.73 Å². The van der Waals surface area contributed by atoms with Gasteiger partial charge in [-0.2, -0.15) is 0 Å². The molecule has 0 amide bonds. The van der Waals surface area contributed by atoms with Gasteiger partial charge in [0.05, 0.1) is 23.3 Å². The van der Waals surface area contributed by atoms with Gasteiger partial charge in [-0.25, -0.2) is 9.97 Å². The number of rotatable bonds is 4. The average Bonchev–Trinajstić information content (AvgIpc) is 3.06. The molecule has 7 nitrogen and oxygen atoms in total. The molecule has 6 N–H and O–H groups in total. The van der Waals surface area contributed by atoms with Crippen LogP contribution in [0.3, 0.4) is 0 Å². The monoisotopic (exact) mass is 364 g/mol. The second kappa shape index (κ2) is 6.53. The molecule has 0 aromatic carbocycles. The highest BCUT2D eigenvalue weighted by atomic mass is 32.1. The molecule has 0 saturated heterocycles. The molecule has 2 aromatic heterocycles. The molecule has 2 heterocycles. The summed E-state index contributed by atoms with van der Waals surface area (Å²) < 4.78 is 0. The second-order valence-corrected chi connectivity index (χ2v) is 8.03. The first-order chi connectivity index (χ1) is 11.7. The minimum absolute atomic E-state index is 0.353. The average molecular weight is 364 g/mol. The van der Waals surface area contributed by atoms with Crippen LogP contribution in [-0.4, -0.2) is 49.1 Å². The zero-order valence-corrected chi connectivity index (χ0v) is 15.3. The lowest BCUT2D eigenvalue weighted by molar-refractivity contribution is -0.0601. The summed E-state index contributed by atoms with van der Waals surface area (Å²) in [6.07, 6.45) is 0.102. The van der Waals surface area contributed by atoms with E-state index in [1.165, 1.54) is 11.3 Å². The van der Waals surface area contributed by atoms with E-state index in [1.807, 2.05) is 12.3 Å². The van der Waals surface area contributed by atoms with E-state index in [0.29, 0.717) is 17.9 Å². The number of hydrogen-bond acceptors (Lipinski definition) is 8. The van der Waals surface area contributed by atoms with Crippen molar-refractivity contribution in [1.29, 1.82) is 0 Å². The summed E-state index contributed by atoms with van der Waals surface area (Å²) in [5.41, 5.74) is 7.16. The molecule has 1 fully saturated rings. The minimum Gasteiger partial charge on any atom is -0.390 e. The molecule has 0 aliphatic heterocycles. The molecule has 1 saturated carbocycles. The molecule has 4 atom stereocenters. The van der Waals surface area contributed by atoms with Gasteiger partial charge in [0.2, 0.25) is 0 Å². The normalized spacial score (nSPS) is 26.8. The van der Waals surface area contributed by atoms with E-state index in [1.54, 1.807) is 26.1 Å². The van der Waals surface area contributed by atoms with Crippen LogP contribution in [0.4, 0.5) is 11.5 Å². The fourth-order valence-corrected chi connectivity index (χ4v) is 4.14. The van der Waals surface area contributed by atoms with Crippen LogP contribution in [0.2, 0.25) is 0 Å². The van der Waals surface area contributed by atoms with Crippen LogP contribution in [-0.2, 0) is 0 Å². The Labute approximate surface area is 150 Å². The highest BCUT2D eigenvalue weighted by molar-refractivity contribution is 7.13. The molecule has 1 aliphatic rings. The quantitative estimate of drug-likeness (QED) is 0.555. The smallest absolute Gasteiger partial charge is 0.127 e. The van der Waals surface area contributed by atoms with Gasteiger partial charge in [0.1, 0.15) is 16.9 Å². The number of aliphatic hydroxyl groups excluding tert-OH is 2. The van der Waals surface area contributed by atoms with Crippen molar-refractivity contribution in [3.63, 3.8) is 0 Å². The summed E-state index contributed by atoms with van der Waals surface area (Å²) in [5.74, 6) is -0.0728. The van der Waals surface area contributed by atoms with E-state index >= 15 is 0 Å². The Hall–Kier alpha value is -1.74. The van der Waals surface area contributed by atoms with Gasteiger partial charge in [-0.1, -0.05) is 0 Å². The first kappa shape index (κ1) is 18.1. The maximum atomic E-state index is 10.4. The zero-order chi connectivity index (χ0) is 18.4. The predicted molar refractivity (Wildman–Crippen MR) is 98.3 cm³/mol. The summed E-state index contributed by atoms with van der Waals surface area (Å²) in [6.45, 7) is 5.21. The maximum absolute atomic E-state index is 10.4. The predicted octanol–water partition coefficient (Wildman–Crippen LogP) is 1.39. The Morgan fingerprint density at radius 2 is 2.04 bits per heavy atom. The third-order valence-corrected chi connectivity index (χ3v) is 5.70. The molecule has 25 heavy (non-hydrogen) atoms. The number of hydrogen-bond donors (Lipinski definition) is 5. The van der Waals surface area contributed by atoms with Crippen LogP contribution in [0.5, 0.6) is 0 Å². The summed E-state index contributed by atoms with van der Waals surface area (Å²) >= 11 is 1.50. The lowest BCUT2D eigenvalue weighted by atomic mass is 9.88.